The van der Waals surface area contributed by atoms with Crippen molar-refractivity contribution < 1.29 is 15.3 Å². The molecule has 0 spiro atoms. The summed E-state index contributed by atoms with van der Waals surface area (Å²) in [5, 5.41) is 16.4. The molecular formula is C5H12O3. The van der Waals surface area contributed by atoms with E-state index in [9.17, 15) is 0 Å². The van der Waals surface area contributed by atoms with Crippen LogP contribution in [0.25, 0.3) is 0 Å². The molecule has 1 unspecified atom stereocenters. The van der Waals surface area contributed by atoms with Gasteiger partial charge in [0.25, 0.3) is 0 Å². The van der Waals surface area contributed by atoms with Gasteiger partial charge < -0.3 is 5.11 Å². The molecule has 0 aliphatic carbocycles. The van der Waals surface area contributed by atoms with E-state index in [1.165, 1.54) is 0 Å². The maximum atomic E-state index is 8.37. The topological polar surface area (TPSA) is 49.7 Å². The van der Waals surface area contributed by atoms with Crippen LogP contribution in [0.2, 0.25) is 0 Å². The average Bonchev–Trinajstić information content (AvgIpc) is 1.83. The number of aliphatic hydroxyl groups is 1. The van der Waals surface area contributed by atoms with Gasteiger partial charge in [0.1, 0.15) is 6.10 Å². The molecule has 50 valence electrons. The molecule has 0 bridgehead atoms. The van der Waals surface area contributed by atoms with Crippen molar-refractivity contribution in [3.8, 4) is 0 Å². The quantitative estimate of drug-likeness (QED) is 0.422. The van der Waals surface area contributed by atoms with Crippen molar-refractivity contribution in [3.63, 3.8) is 0 Å². The van der Waals surface area contributed by atoms with E-state index in [1.807, 2.05) is 6.92 Å². The molecule has 0 aromatic heterocycles. The molecule has 2 N–H and O–H groups in total. The second-order valence-corrected chi connectivity index (χ2v) is 1.70. The molecule has 0 heterocycles. The Morgan fingerprint density at radius 3 is 2.38 bits per heavy atom. The van der Waals surface area contributed by atoms with Crippen molar-refractivity contribution in [1.82, 2.24) is 0 Å². The zero-order valence-corrected chi connectivity index (χ0v) is 5.00. The summed E-state index contributed by atoms with van der Waals surface area (Å²) in [6.45, 7) is 1.85. The molecule has 0 radical (unpaired) electrons. The zero-order chi connectivity index (χ0) is 6.41. The van der Waals surface area contributed by atoms with Crippen LogP contribution in [0.15, 0.2) is 0 Å². The number of hydrogen-bond acceptors (Lipinski definition) is 3. The van der Waals surface area contributed by atoms with E-state index in [0.29, 0.717) is 6.42 Å². The van der Waals surface area contributed by atoms with Crippen LogP contribution in [0.5, 0.6) is 0 Å². The van der Waals surface area contributed by atoms with Gasteiger partial charge in [-0.2, -0.15) is 0 Å². The maximum absolute atomic E-state index is 8.37. The molecule has 3 nitrogen and oxygen atoms in total. The van der Waals surface area contributed by atoms with Gasteiger partial charge in [0, 0.05) is 0 Å². The van der Waals surface area contributed by atoms with Gasteiger partial charge in [-0.3, -0.25) is 5.26 Å². The van der Waals surface area contributed by atoms with E-state index in [0.717, 1.165) is 6.42 Å². The SMILES string of the molecule is CCCC(CO)OO. The Kier molecular flexibility index (Phi) is 4.95. The van der Waals surface area contributed by atoms with Gasteiger partial charge in [0.2, 0.25) is 0 Å². The lowest BCUT2D eigenvalue weighted by Gasteiger charge is -2.06. The van der Waals surface area contributed by atoms with Gasteiger partial charge >= 0.3 is 0 Å². The summed E-state index contributed by atoms with van der Waals surface area (Å²) >= 11 is 0. The highest BCUT2D eigenvalue weighted by Gasteiger charge is 2.03. The zero-order valence-electron chi connectivity index (χ0n) is 5.00. The van der Waals surface area contributed by atoms with Crippen LogP contribution < -0.4 is 0 Å². The summed E-state index contributed by atoms with van der Waals surface area (Å²) in [7, 11) is 0. The number of aliphatic hydroxyl groups excluding tert-OH is 1. The van der Waals surface area contributed by atoms with E-state index in [-0.39, 0.29) is 12.7 Å². The molecule has 0 aliphatic heterocycles. The maximum Gasteiger partial charge on any atom is 0.116 e. The molecule has 1 atom stereocenters. The summed E-state index contributed by atoms with van der Waals surface area (Å²) in [5.41, 5.74) is 0. The van der Waals surface area contributed by atoms with Crippen LogP contribution in [0, 0.1) is 0 Å². The first kappa shape index (κ1) is 7.88. The predicted octanol–water partition coefficient (Wildman–Crippen LogP) is 0.637. The molecule has 0 saturated carbocycles. The Bertz CT molecular complexity index is 42.9. The first-order chi connectivity index (χ1) is 3.85. The Labute approximate surface area is 48.8 Å². The van der Waals surface area contributed by atoms with Crippen LogP contribution in [0.3, 0.4) is 0 Å². The Morgan fingerprint density at radius 1 is 1.62 bits per heavy atom. The summed E-state index contributed by atoms with van der Waals surface area (Å²) in [6.07, 6.45) is 1.22. The Hall–Kier alpha value is -0.120. The van der Waals surface area contributed by atoms with Gasteiger partial charge in [-0.25, -0.2) is 4.89 Å². The molecule has 3 heteroatoms. The summed E-state index contributed by atoms with van der Waals surface area (Å²) < 4.78 is 0. The molecule has 0 rings (SSSR count). The molecule has 0 fully saturated rings. The minimum Gasteiger partial charge on any atom is -0.394 e. The van der Waals surface area contributed by atoms with Gasteiger partial charge in [0.05, 0.1) is 6.61 Å². The third kappa shape index (κ3) is 2.96. The van der Waals surface area contributed by atoms with Crippen molar-refractivity contribution in [2.24, 2.45) is 0 Å². The van der Waals surface area contributed by atoms with Crippen molar-refractivity contribution in [1.29, 1.82) is 0 Å². The minimum atomic E-state index is -0.389. The first-order valence-corrected chi connectivity index (χ1v) is 2.76. The summed E-state index contributed by atoms with van der Waals surface area (Å²) in [6, 6.07) is 0. The highest BCUT2D eigenvalue weighted by molar-refractivity contribution is 4.49. The number of rotatable bonds is 4. The average molecular weight is 120 g/mol. The lowest BCUT2D eigenvalue weighted by molar-refractivity contribution is -0.285. The van der Waals surface area contributed by atoms with Crippen molar-refractivity contribution in [2.75, 3.05) is 6.61 Å². The van der Waals surface area contributed by atoms with E-state index >= 15 is 0 Å². The van der Waals surface area contributed by atoms with Crippen LogP contribution in [-0.2, 0) is 4.89 Å². The fraction of sp³-hybridized carbons (Fsp3) is 1.00. The van der Waals surface area contributed by atoms with Gasteiger partial charge in [-0.05, 0) is 6.42 Å². The van der Waals surface area contributed by atoms with Crippen LogP contribution in [0.4, 0.5) is 0 Å². The smallest absolute Gasteiger partial charge is 0.116 e. The van der Waals surface area contributed by atoms with Crippen molar-refractivity contribution in [2.45, 2.75) is 25.9 Å². The highest BCUT2D eigenvalue weighted by atomic mass is 17.1. The first-order valence-electron chi connectivity index (χ1n) is 2.76. The standard InChI is InChI=1S/C5H12O3/c1-2-3-5(4-6)8-7/h5-7H,2-4H2,1H3. The van der Waals surface area contributed by atoms with Gasteiger partial charge in [-0.15, -0.1) is 0 Å². The molecule has 8 heavy (non-hydrogen) atoms. The van der Waals surface area contributed by atoms with Crippen LogP contribution in [0.1, 0.15) is 19.8 Å². The summed E-state index contributed by atoms with van der Waals surface area (Å²) in [4.78, 5) is 3.89. The van der Waals surface area contributed by atoms with Crippen LogP contribution >= 0.6 is 0 Å². The van der Waals surface area contributed by atoms with E-state index < -0.39 is 0 Å². The van der Waals surface area contributed by atoms with E-state index in [2.05, 4.69) is 4.89 Å². The van der Waals surface area contributed by atoms with Gasteiger partial charge in [0.15, 0.2) is 0 Å². The lowest BCUT2D eigenvalue weighted by atomic mass is 10.2. The lowest BCUT2D eigenvalue weighted by Crippen LogP contribution is -2.14. The third-order valence-corrected chi connectivity index (χ3v) is 0.963. The van der Waals surface area contributed by atoms with E-state index in [1.54, 1.807) is 0 Å². The fourth-order valence-electron chi connectivity index (χ4n) is 0.499. The molecule has 0 saturated heterocycles. The van der Waals surface area contributed by atoms with Gasteiger partial charge in [-0.1, -0.05) is 13.3 Å². The molecule has 0 aromatic rings. The normalized spacial score (nSPS) is 13.9. The Balaban J connectivity index is 3.07. The largest absolute Gasteiger partial charge is 0.394 e. The molecule has 0 aliphatic rings. The minimum absolute atomic E-state index is 0.107. The fourth-order valence-corrected chi connectivity index (χ4v) is 0.499. The number of hydrogen-bond donors (Lipinski definition) is 2. The van der Waals surface area contributed by atoms with Crippen molar-refractivity contribution >= 4 is 0 Å². The molecule has 0 amide bonds. The summed E-state index contributed by atoms with van der Waals surface area (Å²) in [5.74, 6) is 0. The Morgan fingerprint density at radius 2 is 2.25 bits per heavy atom. The highest BCUT2D eigenvalue weighted by Crippen LogP contribution is 1.97. The second kappa shape index (κ2) is 5.03. The third-order valence-electron chi connectivity index (χ3n) is 0.963. The van der Waals surface area contributed by atoms with Crippen molar-refractivity contribution in [3.05, 3.63) is 0 Å². The van der Waals surface area contributed by atoms with Crippen LogP contribution in [-0.4, -0.2) is 23.1 Å². The van der Waals surface area contributed by atoms with E-state index in [4.69, 9.17) is 10.4 Å². The molecule has 0 aromatic carbocycles. The monoisotopic (exact) mass is 120 g/mol. The molecular weight excluding hydrogens is 108 g/mol. The second-order valence-electron chi connectivity index (χ2n) is 1.70. The predicted molar refractivity (Wildman–Crippen MR) is 29.5 cm³/mol.